The lowest BCUT2D eigenvalue weighted by molar-refractivity contribution is 0.102. The van der Waals surface area contributed by atoms with E-state index in [-0.39, 0.29) is 5.69 Å². The van der Waals surface area contributed by atoms with Gasteiger partial charge >= 0.3 is 0 Å². The number of nitrogens with zero attached hydrogens (tertiary/aromatic N) is 2. The number of nitrogens with one attached hydrogen (secondary N) is 1. The van der Waals surface area contributed by atoms with E-state index >= 15 is 0 Å². The van der Waals surface area contributed by atoms with E-state index in [1.54, 1.807) is 18.3 Å². The first-order valence-electron chi connectivity index (χ1n) is 9.03. The van der Waals surface area contributed by atoms with Gasteiger partial charge in [0.25, 0.3) is 5.91 Å². The number of amides is 1. The Morgan fingerprint density at radius 1 is 0.931 bits per heavy atom. The highest BCUT2D eigenvalue weighted by molar-refractivity contribution is 6.08. The van der Waals surface area contributed by atoms with Crippen LogP contribution in [-0.4, -0.2) is 15.7 Å². The SMILES string of the molecule is O=C(Nc1cccc(F)c1F)c1ccccc1-c1ccc(Cn2cccn2)cc1. The van der Waals surface area contributed by atoms with Crippen LogP contribution in [0, 0.1) is 11.6 Å². The maximum atomic E-state index is 13.9. The number of carbonyl (C=O) groups excluding carboxylic acids is 1. The summed E-state index contributed by atoms with van der Waals surface area (Å²) in [6.07, 6.45) is 3.61. The van der Waals surface area contributed by atoms with Crippen LogP contribution in [0.5, 0.6) is 0 Å². The van der Waals surface area contributed by atoms with Crippen LogP contribution >= 0.6 is 0 Å². The zero-order valence-corrected chi connectivity index (χ0v) is 15.3. The van der Waals surface area contributed by atoms with Gasteiger partial charge in [0.2, 0.25) is 0 Å². The van der Waals surface area contributed by atoms with E-state index in [1.807, 2.05) is 53.3 Å². The Hall–Kier alpha value is -3.80. The summed E-state index contributed by atoms with van der Waals surface area (Å²) in [5, 5.41) is 6.64. The molecule has 1 heterocycles. The van der Waals surface area contributed by atoms with Crippen molar-refractivity contribution in [1.82, 2.24) is 9.78 Å². The Kier molecular flexibility index (Phi) is 5.16. The van der Waals surface area contributed by atoms with Crippen LogP contribution in [0.3, 0.4) is 0 Å². The number of aromatic nitrogens is 2. The lowest BCUT2D eigenvalue weighted by Gasteiger charge is -2.12. The van der Waals surface area contributed by atoms with Crippen molar-refractivity contribution in [3.8, 4) is 11.1 Å². The minimum absolute atomic E-state index is 0.195. The molecule has 0 unspecified atom stereocenters. The first-order valence-corrected chi connectivity index (χ1v) is 9.03. The predicted octanol–water partition coefficient (Wildman–Crippen LogP) is 5.13. The highest BCUT2D eigenvalue weighted by Gasteiger charge is 2.15. The molecule has 0 atom stereocenters. The van der Waals surface area contributed by atoms with Crippen molar-refractivity contribution in [1.29, 1.82) is 0 Å². The van der Waals surface area contributed by atoms with Gasteiger partial charge in [-0.1, -0.05) is 48.5 Å². The molecule has 4 rings (SSSR count). The van der Waals surface area contributed by atoms with Gasteiger partial charge in [-0.15, -0.1) is 0 Å². The van der Waals surface area contributed by atoms with E-state index in [0.717, 1.165) is 17.2 Å². The van der Waals surface area contributed by atoms with Crippen molar-refractivity contribution in [2.24, 2.45) is 0 Å². The maximum absolute atomic E-state index is 13.9. The molecule has 29 heavy (non-hydrogen) atoms. The van der Waals surface area contributed by atoms with E-state index in [2.05, 4.69) is 10.4 Å². The molecule has 4 nitrogen and oxygen atoms in total. The van der Waals surface area contributed by atoms with Gasteiger partial charge in [-0.05, 0) is 41.0 Å². The minimum atomic E-state index is -1.08. The van der Waals surface area contributed by atoms with Crippen molar-refractivity contribution >= 4 is 11.6 Å². The molecule has 1 amide bonds. The summed E-state index contributed by atoms with van der Waals surface area (Å²) >= 11 is 0. The van der Waals surface area contributed by atoms with E-state index in [9.17, 15) is 13.6 Å². The molecule has 0 aliphatic rings. The first kappa shape index (κ1) is 18.6. The number of hydrogen-bond acceptors (Lipinski definition) is 2. The Balaban J connectivity index is 1.59. The highest BCUT2D eigenvalue weighted by atomic mass is 19.2. The van der Waals surface area contributed by atoms with E-state index < -0.39 is 17.5 Å². The second kappa shape index (κ2) is 8.06. The Labute approximate surface area is 166 Å². The second-order valence-electron chi connectivity index (χ2n) is 6.50. The van der Waals surface area contributed by atoms with Gasteiger partial charge in [-0.2, -0.15) is 5.10 Å². The van der Waals surface area contributed by atoms with Crippen LogP contribution in [0.25, 0.3) is 11.1 Å². The molecule has 3 aromatic carbocycles. The predicted molar refractivity (Wildman–Crippen MR) is 108 cm³/mol. The number of benzene rings is 3. The van der Waals surface area contributed by atoms with Gasteiger partial charge in [0, 0.05) is 18.0 Å². The van der Waals surface area contributed by atoms with Crippen LogP contribution in [0.1, 0.15) is 15.9 Å². The average molecular weight is 389 g/mol. The normalized spacial score (nSPS) is 10.7. The zero-order chi connectivity index (χ0) is 20.2. The van der Waals surface area contributed by atoms with Crippen molar-refractivity contribution < 1.29 is 13.6 Å². The Bertz CT molecular complexity index is 1140. The quantitative estimate of drug-likeness (QED) is 0.514. The molecule has 0 saturated carbocycles. The van der Waals surface area contributed by atoms with E-state index in [4.69, 9.17) is 0 Å². The molecule has 144 valence electrons. The molecule has 0 fully saturated rings. The molecule has 0 aliphatic heterocycles. The highest BCUT2D eigenvalue weighted by Crippen LogP contribution is 2.26. The first-order chi connectivity index (χ1) is 14.1. The van der Waals surface area contributed by atoms with Gasteiger partial charge in [0.05, 0.1) is 12.2 Å². The number of halogens is 2. The molecule has 6 heteroatoms. The minimum Gasteiger partial charge on any atom is -0.319 e. The third-order valence-corrected chi connectivity index (χ3v) is 4.54. The molecule has 0 radical (unpaired) electrons. The molecule has 4 aromatic rings. The largest absolute Gasteiger partial charge is 0.319 e. The standard InChI is InChI=1S/C23H17F2N3O/c24-20-7-3-8-21(22(20)25)27-23(29)19-6-2-1-5-18(19)17-11-9-16(10-12-17)15-28-14-4-13-26-28/h1-14H,15H2,(H,27,29). The molecular formula is C23H17F2N3O. The summed E-state index contributed by atoms with van der Waals surface area (Å²) in [7, 11) is 0. The van der Waals surface area contributed by atoms with Crippen molar-refractivity contribution in [3.05, 3.63) is 108 Å². The lowest BCUT2D eigenvalue weighted by atomic mass is 9.98. The van der Waals surface area contributed by atoms with E-state index in [1.165, 1.54) is 12.1 Å². The summed E-state index contributed by atoms with van der Waals surface area (Å²) in [5.74, 6) is -2.60. The Morgan fingerprint density at radius 2 is 1.72 bits per heavy atom. The van der Waals surface area contributed by atoms with Crippen LogP contribution in [0.4, 0.5) is 14.5 Å². The fourth-order valence-corrected chi connectivity index (χ4v) is 3.09. The monoisotopic (exact) mass is 389 g/mol. The number of anilines is 1. The summed E-state index contributed by atoms with van der Waals surface area (Å²) in [5.41, 5.74) is 2.80. The van der Waals surface area contributed by atoms with Crippen LogP contribution in [0.15, 0.2) is 85.2 Å². The Morgan fingerprint density at radius 3 is 2.48 bits per heavy atom. The van der Waals surface area contributed by atoms with Crippen LogP contribution in [-0.2, 0) is 6.54 Å². The molecular weight excluding hydrogens is 372 g/mol. The molecule has 0 spiro atoms. The zero-order valence-electron chi connectivity index (χ0n) is 15.3. The van der Waals surface area contributed by atoms with Crippen molar-refractivity contribution in [2.45, 2.75) is 6.54 Å². The number of carbonyl (C=O) groups is 1. The van der Waals surface area contributed by atoms with Gasteiger partial charge in [-0.25, -0.2) is 8.78 Å². The topological polar surface area (TPSA) is 46.9 Å². The number of hydrogen-bond donors (Lipinski definition) is 1. The number of rotatable bonds is 5. The van der Waals surface area contributed by atoms with Gasteiger partial charge in [0.1, 0.15) is 0 Å². The lowest BCUT2D eigenvalue weighted by Crippen LogP contribution is -2.14. The van der Waals surface area contributed by atoms with Crippen LogP contribution < -0.4 is 5.32 Å². The van der Waals surface area contributed by atoms with Gasteiger partial charge in [-0.3, -0.25) is 9.48 Å². The summed E-state index contributed by atoms with van der Waals surface area (Å²) in [6, 6.07) is 20.4. The fraction of sp³-hybridized carbons (Fsp3) is 0.0435. The smallest absolute Gasteiger partial charge is 0.256 e. The second-order valence-corrected chi connectivity index (χ2v) is 6.50. The molecule has 0 bridgehead atoms. The van der Waals surface area contributed by atoms with Crippen molar-refractivity contribution in [2.75, 3.05) is 5.32 Å². The average Bonchev–Trinajstić information content (AvgIpc) is 3.25. The summed E-state index contributed by atoms with van der Waals surface area (Å²) in [4.78, 5) is 12.7. The van der Waals surface area contributed by atoms with Crippen LogP contribution in [0.2, 0.25) is 0 Å². The summed E-state index contributed by atoms with van der Waals surface area (Å²) < 4.78 is 29.1. The molecule has 1 aromatic heterocycles. The molecule has 1 N–H and O–H groups in total. The summed E-state index contributed by atoms with van der Waals surface area (Å²) in [6.45, 7) is 0.647. The third kappa shape index (κ3) is 4.06. The van der Waals surface area contributed by atoms with Crippen molar-refractivity contribution in [3.63, 3.8) is 0 Å². The third-order valence-electron chi connectivity index (χ3n) is 4.54. The van der Waals surface area contributed by atoms with E-state index in [0.29, 0.717) is 17.7 Å². The van der Waals surface area contributed by atoms with Gasteiger partial charge in [0.15, 0.2) is 11.6 Å². The molecule has 0 saturated heterocycles. The fourth-order valence-electron chi connectivity index (χ4n) is 3.09. The van der Waals surface area contributed by atoms with Gasteiger partial charge < -0.3 is 5.32 Å². The molecule has 0 aliphatic carbocycles. The maximum Gasteiger partial charge on any atom is 0.256 e.